The highest BCUT2D eigenvalue weighted by Crippen LogP contribution is 2.33. The van der Waals surface area contributed by atoms with Crippen molar-refractivity contribution >= 4 is 15.9 Å². The Labute approximate surface area is 175 Å². The number of nitrogens with one attached hydrogen (secondary N) is 1. The summed E-state index contributed by atoms with van der Waals surface area (Å²) >= 11 is 0. The van der Waals surface area contributed by atoms with E-state index in [0.717, 1.165) is 18.2 Å². The molecule has 1 N–H and O–H groups in total. The van der Waals surface area contributed by atoms with E-state index in [0.29, 0.717) is 11.6 Å². The van der Waals surface area contributed by atoms with E-state index in [1.165, 1.54) is 36.4 Å². The van der Waals surface area contributed by atoms with Crippen LogP contribution in [0.1, 0.15) is 21.5 Å². The van der Waals surface area contributed by atoms with Gasteiger partial charge < -0.3 is 4.74 Å². The second-order valence-corrected chi connectivity index (χ2v) is 7.98. The van der Waals surface area contributed by atoms with Gasteiger partial charge in [0, 0.05) is 11.1 Å². The molecule has 0 radical (unpaired) electrons. The van der Waals surface area contributed by atoms with Crippen LogP contribution in [-0.2, 0) is 22.8 Å². The fraction of sp³-hybridized carbons (Fsp3) is 0.0952. The van der Waals surface area contributed by atoms with Gasteiger partial charge in [0.1, 0.15) is 18.2 Å². The standard InChI is InChI=1S/C21H15F4NO4S/c22-18-7-3-1-5-15(18)13-30-16-11-9-14(10-12-16)20(27)26-31(28,29)19-8-4-2-6-17(19)21(23,24)25/h1-12H,13H2,(H,26,27). The molecule has 1 amide bonds. The van der Waals surface area contributed by atoms with E-state index in [4.69, 9.17) is 4.74 Å². The van der Waals surface area contributed by atoms with Crippen LogP contribution in [0.15, 0.2) is 77.7 Å². The highest BCUT2D eigenvalue weighted by Gasteiger charge is 2.37. The number of carbonyl (C=O) groups excluding carboxylic acids is 1. The van der Waals surface area contributed by atoms with Crippen molar-refractivity contribution in [1.29, 1.82) is 0 Å². The Morgan fingerprint density at radius 1 is 0.903 bits per heavy atom. The van der Waals surface area contributed by atoms with Gasteiger partial charge in [-0.05, 0) is 42.5 Å². The number of rotatable bonds is 6. The number of sulfonamides is 1. The fourth-order valence-electron chi connectivity index (χ4n) is 2.65. The lowest BCUT2D eigenvalue weighted by molar-refractivity contribution is -0.139. The average Bonchev–Trinajstić information content (AvgIpc) is 2.72. The van der Waals surface area contributed by atoms with Crippen LogP contribution in [0.4, 0.5) is 17.6 Å². The molecular weight excluding hydrogens is 438 g/mol. The topological polar surface area (TPSA) is 72.5 Å². The van der Waals surface area contributed by atoms with Crippen LogP contribution in [0.3, 0.4) is 0 Å². The van der Waals surface area contributed by atoms with Gasteiger partial charge in [0.2, 0.25) is 0 Å². The van der Waals surface area contributed by atoms with Crippen LogP contribution in [0.2, 0.25) is 0 Å². The maximum atomic E-state index is 13.6. The zero-order valence-corrected chi connectivity index (χ0v) is 16.5. The fourth-order valence-corrected chi connectivity index (χ4v) is 3.85. The van der Waals surface area contributed by atoms with Gasteiger partial charge in [-0.3, -0.25) is 4.79 Å². The zero-order valence-electron chi connectivity index (χ0n) is 15.7. The first-order valence-electron chi connectivity index (χ1n) is 8.77. The minimum atomic E-state index is -4.91. The molecule has 0 bridgehead atoms. The van der Waals surface area contributed by atoms with Gasteiger partial charge in [0.25, 0.3) is 15.9 Å². The van der Waals surface area contributed by atoms with Crippen molar-refractivity contribution in [3.8, 4) is 5.75 Å². The number of amides is 1. The average molecular weight is 453 g/mol. The van der Waals surface area contributed by atoms with Crippen LogP contribution < -0.4 is 9.46 Å². The summed E-state index contributed by atoms with van der Waals surface area (Å²) in [6, 6.07) is 14.7. The van der Waals surface area contributed by atoms with E-state index >= 15 is 0 Å². The number of ether oxygens (including phenoxy) is 1. The Balaban J connectivity index is 1.72. The highest BCUT2D eigenvalue weighted by atomic mass is 32.2. The van der Waals surface area contributed by atoms with Crippen LogP contribution in [-0.4, -0.2) is 14.3 Å². The molecule has 0 fully saturated rings. The Morgan fingerprint density at radius 2 is 1.52 bits per heavy atom. The summed E-state index contributed by atoms with van der Waals surface area (Å²) in [6.07, 6.45) is -4.91. The predicted molar refractivity (Wildman–Crippen MR) is 103 cm³/mol. The number of hydrogen-bond donors (Lipinski definition) is 1. The van der Waals surface area contributed by atoms with E-state index in [1.807, 2.05) is 0 Å². The van der Waals surface area contributed by atoms with Gasteiger partial charge in [-0.2, -0.15) is 13.2 Å². The van der Waals surface area contributed by atoms with Crippen molar-refractivity contribution < 1.29 is 35.5 Å². The molecule has 3 rings (SSSR count). The van der Waals surface area contributed by atoms with Gasteiger partial charge in [0.05, 0.1) is 10.5 Å². The molecule has 0 aliphatic carbocycles. The first-order valence-corrected chi connectivity index (χ1v) is 10.3. The van der Waals surface area contributed by atoms with E-state index in [-0.39, 0.29) is 17.9 Å². The molecule has 10 heteroatoms. The van der Waals surface area contributed by atoms with Crippen molar-refractivity contribution in [3.63, 3.8) is 0 Å². The van der Waals surface area contributed by atoms with Gasteiger partial charge in [0.15, 0.2) is 0 Å². The second kappa shape index (κ2) is 8.76. The van der Waals surface area contributed by atoms with E-state index < -0.39 is 38.4 Å². The zero-order chi connectivity index (χ0) is 22.6. The van der Waals surface area contributed by atoms with Crippen molar-refractivity contribution in [2.24, 2.45) is 0 Å². The number of benzene rings is 3. The third-order valence-corrected chi connectivity index (χ3v) is 5.57. The summed E-state index contributed by atoms with van der Waals surface area (Å²) in [4.78, 5) is 11.2. The smallest absolute Gasteiger partial charge is 0.417 e. The number of carbonyl (C=O) groups is 1. The summed E-state index contributed by atoms with van der Waals surface area (Å²) in [5.74, 6) is -1.27. The molecule has 31 heavy (non-hydrogen) atoms. The van der Waals surface area contributed by atoms with Crippen LogP contribution in [0, 0.1) is 5.82 Å². The molecule has 5 nitrogen and oxygen atoms in total. The normalized spacial score (nSPS) is 11.7. The summed E-state index contributed by atoms with van der Waals surface area (Å²) in [6.45, 7) is -0.0686. The molecule has 0 aliphatic heterocycles. The molecule has 0 saturated heterocycles. The van der Waals surface area contributed by atoms with Crippen molar-refractivity contribution in [2.75, 3.05) is 0 Å². The van der Waals surface area contributed by atoms with Crippen molar-refractivity contribution in [2.45, 2.75) is 17.7 Å². The van der Waals surface area contributed by atoms with Gasteiger partial charge in [-0.15, -0.1) is 0 Å². The molecule has 3 aromatic rings. The van der Waals surface area contributed by atoms with Crippen LogP contribution >= 0.6 is 0 Å². The third kappa shape index (κ3) is 5.40. The third-order valence-electron chi connectivity index (χ3n) is 4.18. The Morgan fingerprint density at radius 3 is 2.16 bits per heavy atom. The molecule has 162 valence electrons. The monoisotopic (exact) mass is 453 g/mol. The van der Waals surface area contributed by atoms with Gasteiger partial charge in [-0.25, -0.2) is 17.5 Å². The molecule has 0 aliphatic rings. The van der Waals surface area contributed by atoms with E-state index in [9.17, 15) is 30.8 Å². The van der Waals surface area contributed by atoms with Crippen molar-refractivity contribution in [1.82, 2.24) is 4.72 Å². The van der Waals surface area contributed by atoms with Gasteiger partial charge in [-0.1, -0.05) is 30.3 Å². The molecule has 0 saturated carbocycles. The van der Waals surface area contributed by atoms with E-state index in [1.54, 1.807) is 16.9 Å². The maximum absolute atomic E-state index is 13.6. The summed E-state index contributed by atoms with van der Waals surface area (Å²) in [7, 11) is -4.78. The lowest BCUT2D eigenvalue weighted by Crippen LogP contribution is -2.32. The Kier molecular flexibility index (Phi) is 6.30. The van der Waals surface area contributed by atoms with Gasteiger partial charge >= 0.3 is 6.18 Å². The molecule has 0 unspecified atom stereocenters. The lowest BCUT2D eigenvalue weighted by Gasteiger charge is -2.14. The Hall–Kier alpha value is -3.40. The summed E-state index contributed by atoms with van der Waals surface area (Å²) < 4.78 is 84.6. The van der Waals surface area contributed by atoms with E-state index in [2.05, 4.69) is 0 Å². The first kappa shape index (κ1) is 22.3. The first-order chi connectivity index (χ1) is 14.6. The molecule has 0 atom stereocenters. The molecule has 0 heterocycles. The highest BCUT2D eigenvalue weighted by molar-refractivity contribution is 7.90. The number of alkyl halides is 3. The van der Waals surface area contributed by atoms with Crippen LogP contribution in [0.25, 0.3) is 0 Å². The Bertz CT molecular complexity index is 1190. The minimum absolute atomic E-state index is 0.0686. The second-order valence-electron chi connectivity index (χ2n) is 6.33. The molecule has 0 spiro atoms. The lowest BCUT2D eigenvalue weighted by atomic mass is 10.2. The number of hydrogen-bond acceptors (Lipinski definition) is 4. The SMILES string of the molecule is O=C(NS(=O)(=O)c1ccccc1C(F)(F)F)c1ccc(OCc2ccccc2F)cc1. The molecule has 0 aromatic heterocycles. The largest absolute Gasteiger partial charge is 0.489 e. The molecular formula is C21H15F4NO4S. The quantitative estimate of drug-likeness (QED) is 0.557. The molecule has 3 aromatic carbocycles. The predicted octanol–water partition coefficient (Wildman–Crippen LogP) is 4.54. The van der Waals surface area contributed by atoms with Crippen LogP contribution in [0.5, 0.6) is 5.75 Å². The maximum Gasteiger partial charge on any atom is 0.417 e. The van der Waals surface area contributed by atoms with Crippen molar-refractivity contribution in [3.05, 3.63) is 95.3 Å². The minimum Gasteiger partial charge on any atom is -0.489 e. The summed E-state index contributed by atoms with van der Waals surface area (Å²) in [5.41, 5.74) is -1.18. The number of halogens is 4. The summed E-state index contributed by atoms with van der Waals surface area (Å²) in [5, 5.41) is 0.